The van der Waals surface area contributed by atoms with Crippen molar-refractivity contribution < 1.29 is 13.6 Å². The van der Waals surface area contributed by atoms with Gasteiger partial charge in [0.05, 0.1) is 11.0 Å². The molecule has 1 aliphatic heterocycles. The largest absolute Gasteiger partial charge is 0.338 e. The zero-order chi connectivity index (χ0) is 18.1. The summed E-state index contributed by atoms with van der Waals surface area (Å²) in [6.45, 7) is 0.970. The van der Waals surface area contributed by atoms with Crippen LogP contribution in [0.3, 0.4) is 0 Å². The fourth-order valence-corrected chi connectivity index (χ4v) is 3.22. The summed E-state index contributed by atoms with van der Waals surface area (Å²) in [5.74, 6) is -1.35. The first kappa shape index (κ1) is 22.1. The molecule has 5 nitrogen and oxygen atoms in total. The first-order valence-electron chi connectivity index (χ1n) is 8.57. The fourth-order valence-electron chi connectivity index (χ4n) is 3.22. The fraction of sp³-hybridized carbons (Fsp3) is 0.263. The summed E-state index contributed by atoms with van der Waals surface area (Å²) >= 11 is 0. The number of aromatic nitrogens is 2. The summed E-state index contributed by atoms with van der Waals surface area (Å²) in [7, 11) is 0. The maximum absolute atomic E-state index is 13.3. The molecule has 1 amide bonds. The van der Waals surface area contributed by atoms with Gasteiger partial charge in [0.15, 0.2) is 11.6 Å². The number of nitrogens with one attached hydrogen (secondary N) is 3. The van der Waals surface area contributed by atoms with Crippen LogP contribution in [0.1, 0.15) is 19.3 Å². The predicted molar refractivity (Wildman–Crippen MR) is 110 cm³/mol. The van der Waals surface area contributed by atoms with Crippen LogP contribution in [0, 0.1) is 11.6 Å². The molecule has 1 atom stereocenters. The highest BCUT2D eigenvalue weighted by atomic mass is 35.5. The second-order valence-electron chi connectivity index (χ2n) is 6.49. The van der Waals surface area contributed by atoms with E-state index >= 15 is 0 Å². The highest BCUT2D eigenvalue weighted by Crippen LogP contribution is 2.24. The highest BCUT2D eigenvalue weighted by molar-refractivity contribution is 5.91. The van der Waals surface area contributed by atoms with Gasteiger partial charge in [-0.05, 0) is 43.7 Å². The number of fused-ring (bicyclic) bond motifs is 1. The summed E-state index contributed by atoms with van der Waals surface area (Å²) in [5.41, 5.74) is 2.25. The second kappa shape index (κ2) is 9.32. The van der Waals surface area contributed by atoms with Crippen molar-refractivity contribution >= 4 is 47.4 Å². The van der Waals surface area contributed by atoms with E-state index in [0.717, 1.165) is 37.1 Å². The smallest absolute Gasteiger partial charge is 0.225 e. The van der Waals surface area contributed by atoms with Crippen molar-refractivity contribution in [2.24, 2.45) is 0 Å². The quantitative estimate of drug-likeness (QED) is 0.575. The number of hydrogen-bond acceptors (Lipinski definition) is 3. The van der Waals surface area contributed by atoms with Crippen LogP contribution in [0.2, 0.25) is 0 Å². The van der Waals surface area contributed by atoms with E-state index in [1.165, 1.54) is 0 Å². The van der Waals surface area contributed by atoms with Crippen LogP contribution >= 0.6 is 24.8 Å². The Bertz CT molecular complexity index is 917. The lowest BCUT2D eigenvalue weighted by atomic mass is 10.1. The SMILES string of the molecule is Cl.Cl.O=C(CC1CCCN1)Nc1ccc(-c2nc3cc(F)c(F)cc3[nH]2)cc1. The minimum Gasteiger partial charge on any atom is -0.338 e. The van der Waals surface area contributed by atoms with Crippen LogP contribution in [0.15, 0.2) is 36.4 Å². The average Bonchev–Trinajstić information content (AvgIpc) is 3.25. The Balaban J connectivity index is 0.00000140. The molecule has 2 heterocycles. The molecule has 3 N–H and O–H groups in total. The molecule has 1 fully saturated rings. The molecule has 1 aliphatic rings. The van der Waals surface area contributed by atoms with Crippen molar-refractivity contribution in [3.05, 3.63) is 48.0 Å². The van der Waals surface area contributed by atoms with Gasteiger partial charge in [0.2, 0.25) is 5.91 Å². The van der Waals surface area contributed by atoms with Gasteiger partial charge < -0.3 is 15.6 Å². The number of benzene rings is 2. The van der Waals surface area contributed by atoms with E-state index in [1.807, 2.05) is 0 Å². The molecular formula is C19H20Cl2F2N4O. The summed E-state index contributed by atoms with van der Waals surface area (Å²) in [6.07, 6.45) is 2.60. The molecule has 0 radical (unpaired) electrons. The molecule has 3 aromatic rings. The molecule has 4 rings (SSSR count). The number of halogens is 4. The van der Waals surface area contributed by atoms with Gasteiger partial charge >= 0.3 is 0 Å². The van der Waals surface area contributed by atoms with Gasteiger partial charge in [0.1, 0.15) is 5.82 Å². The van der Waals surface area contributed by atoms with Crippen molar-refractivity contribution in [2.75, 3.05) is 11.9 Å². The summed E-state index contributed by atoms with van der Waals surface area (Å²) in [4.78, 5) is 19.3. The lowest BCUT2D eigenvalue weighted by molar-refractivity contribution is -0.116. The van der Waals surface area contributed by atoms with Crippen LogP contribution in [-0.4, -0.2) is 28.5 Å². The Morgan fingerprint density at radius 2 is 1.86 bits per heavy atom. The highest BCUT2D eigenvalue weighted by Gasteiger charge is 2.17. The number of rotatable bonds is 4. The van der Waals surface area contributed by atoms with Crippen LogP contribution in [0.25, 0.3) is 22.4 Å². The van der Waals surface area contributed by atoms with Crippen LogP contribution in [0.4, 0.5) is 14.5 Å². The minimum absolute atomic E-state index is 0. The maximum atomic E-state index is 13.3. The molecule has 1 unspecified atom stereocenters. The Kier molecular flexibility index (Phi) is 7.35. The summed E-state index contributed by atoms with van der Waals surface area (Å²) in [6, 6.07) is 9.57. The Hall–Kier alpha value is -2.22. The van der Waals surface area contributed by atoms with Gasteiger partial charge in [-0.25, -0.2) is 13.8 Å². The number of carbonyl (C=O) groups is 1. The lowest BCUT2D eigenvalue weighted by Gasteiger charge is -2.10. The van der Waals surface area contributed by atoms with E-state index in [-0.39, 0.29) is 36.8 Å². The normalized spacial score (nSPS) is 15.7. The zero-order valence-electron chi connectivity index (χ0n) is 14.8. The third kappa shape index (κ3) is 4.79. The Labute approximate surface area is 173 Å². The van der Waals surface area contributed by atoms with Gasteiger partial charge in [-0.15, -0.1) is 24.8 Å². The molecule has 0 aliphatic carbocycles. The van der Waals surface area contributed by atoms with E-state index in [4.69, 9.17) is 0 Å². The number of anilines is 1. The van der Waals surface area contributed by atoms with Crippen molar-refractivity contribution in [3.63, 3.8) is 0 Å². The van der Waals surface area contributed by atoms with E-state index < -0.39 is 11.6 Å². The number of amides is 1. The number of imidazole rings is 1. The van der Waals surface area contributed by atoms with E-state index in [9.17, 15) is 13.6 Å². The lowest BCUT2D eigenvalue weighted by Crippen LogP contribution is -2.27. The predicted octanol–water partition coefficient (Wildman–Crippen LogP) is 4.43. The summed E-state index contributed by atoms with van der Waals surface area (Å²) in [5, 5.41) is 6.18. The van der Waals surface area contributed by atoms with E-state index in [1.54, 1.807) is 24.3 Å². The second-order valence-corrected chi connectivity index (χ2v) is 6.49. The van der Waals surface area contributed by atoms with Gasteiger partial charge in [0, 0.05) is 35.8 Å². The van der Waals surface area contributed by atoms with Crippen LogP contribution < -0.4 is 10.6 Å². The van der Waals surface area contributed by atoms with Crippen molar-refractivity contribution in [2.45, 2.75) is 25.3 Å². The molecule has 1 aromatic heterocycles. The first-order valence-corrected chi connectivity index (χ1v) is 8.57. The van der Waals surface area contributed by atoms with Crippen LogP contribution in [0.5, 0.6) is 0 Å². The van der Waals surface area contributed by atoms with E-state index in [2.05, 4.69) is 20.6 Å². The topological polar surface area (TPSA) is 69.8 Å². The molecule has 0 bridgehead atoms. The summed E-state index contributed by atoms with van der Waals surface area (Å²) < 4.78 is 26.6. The third-order valence-electron chi connectivity index (χ3n) is 4.56. The molecular weight excluding hydrogens is 409 g/mol. The van der Waals surface area contributed by atoms with Crippen molar-refractivity contribution in [3.8, 4) is 11.4 Å². The van der Waals surface area contributed by atoms with Crippen molar-refractivity contribution in [1.82, 2.24) is 15.3 Å². The number of carbonyl (C=O) groups excluding carboxylic acids is 1. The van der Waals surface area contributed by atoms with Crippen LogP contribution in [-0.2, 0) is 4.79 Å². The molecule has 0 spiro atoms. The number of nitrogens with zero attached hydrogens (tertiary/aromatic N) is 1. The zero-order valence-corrected chi connectivity index (χ0v) is 16.4. The first-order chi connectivity index (χ1) is 12.6. The Morgan fingerprint density at radius 3 is 2.54 bits per heavy atom. The van der Waals surface area contributed by atoms with Gasteiger partial charge in [-0.2, -0.15) is 0 Å². The molecule has 9 heteroatoms. The third-order valence-corrected chi connectivity index (χ3v) is 4.56. The van der Waals surface area contributed by atoms with Gasteiger partial charge in [-0.3, -0.25) is 4.79 Å². The number of H-pyrrole nitrogens is 1. The van der Waals surface area contributed by atoms with Crippen molar-refractivity contribution in [1.29, 1.82) is 0 Å². The number of aromatic amines is 1. The molecule has 28 heavy (non-hydrogen) atoms. The molecule has 1 saturated heterocycles. The van der Waals surface area contributed by atoms with E-state index in [0.29, 0.717) is 29.0 Å². The van der Waals surface area contributed by atoms with Gasteiger partial charge in [0.25, 0.3) is 0 Å². The minimum atomic E-state index is -0.926. The standard InChI is InChI=1S/C19H18F2N4O.2ClH/c20-14-9-16-17(10-15(14)21)25-19(24-16)11-3-5-12(6-4-11)23-18(26)8-13-2-1-7-22-13;;/h3-6,9-10,13,22H,1-2,7-8H2,(H,23,26)(H,24,25);2*1H. The number of hydrogen-bond donors (Lipinski definition) is 3. The maximum Gasteiger partial charge on any atom is 0.225 e. The molecule has 150 valence electrons. The molecule has 0 saturated carbocycles. The Morgan fingerprint density at radius 1 is 1.14 bits per heavy atom. The monoisotopic (exact) mass is 428 g/mol. The van der Waals surface area contributed by atoms with Gasteiger partial charge in [-0.1, -0.05) is 0 Å². The average molecular weight is 429 g/mol. The molecule has 2 aromatic carbocycles.